The third-order valence-corrected chi connectivity index (χ3v) is 7.67. The molecule has 4 aromatic rings. The summed E-state index contributed by atoms with van der Waals surface area (Å²) in [6, 6.07) is 7.58. The number of halogens is 3. The van der Waals surface area contributed by atoms with E-state index in [1.807, 2.05) is 19.1 Å². The topological polar surface area (TPSA) is 126 Å². The Morgan fingerprint density at radius 3 is 2.79 bits per heavy atom. The van der Waals surface area contributed by atoms with Gasteiger partial charge in [0, 0.05) is 29.7 Å². The van der Waals surface area contributed by atoms with Crippen LogP contribution in [0, 0.1) is 0 Å². The van der Waals surface area contributed by atoms with E-state index in [1.165, 1.54) is 4.52 Å². The molecule has 5 rings (SSSR count). The van der Waals surface area contributed by atoms with E-state index < -0.39 is 28.4 Å². The second kappa shape index (κ2) is 10.3. The zero-order valence-corrected chi connectivity index (χ0v) is 21.4. The van der Waals surface area contributed by atoms with Crippen LogP contribution in [0.3, 0.4) is 0 Å². The maximum Gasteiger partial charge on any atom is 0.390 e. The fraction of sp³-hybridized carbons (Fsp3) is 0.417. The van der Waals surface area contributed by atoms with E-state index in [0.717, 1.165) is 54.3 Å². The summed E-state index contributed by atoms with van der Waals surface area (Å²) >= 11 is 0. The molecule has 3 N–H and O–H groups in total. The summed E-state index contributed by atoms with van der Waals surface area (Å²) in [6.45, 7) is 3.92. The molecule has 1 saturated heterocycles. The Morgan fingerprint density at radius 2 is 2.05 bits per heavy atom. The third-order valence-electron chi connectivity index (χ3n) is 6.43. The Bertz CT molecular complexity index is 1570. The van der Waals surface area contributed by atoms with Gasteiger partial charge in [0.15, 0.2) is 5.82 Å². The van der Waals surface area contributed by atoms with Crippen LogP contribution in [0.5, 0.6) is 0 Å². The van der Waals surface area contributed by atoms with Gasteiger partial charge in [0.25, 0.3) is 0 Å². The lowest BCUT2D eigenvalue weighted by molar-refractivity contribution is -0.129. The fourth-order valence-electron chi connectivity index (χ4n) is 4.54. The maximum atomic E-state index is 12.5. The van der Waals surface area contributed by atoms with E-state index in [4.69, 9.17) is 4.98 Å². The van der Waals surface area contributed by atoms with Crippen molar-refractivity contribution in [3.63, 3.8) is 0 Å². The fourth-order valence-corrected chi connectivity index (χ4v) is 5.60. The van der Waals surface area contributed by atoms with Crippen LogP contribution in [0.15, 0.2) is 36.8 Å². The van der Waals surface area contributed by atoms with Crippen molar-refractivity contribution in [1.82, 2.24) is 29.9 Å². The molecule has 1 atom stereocenters. The smallest absolute Gasteiger partial charge is 0.350 e. The number of nitrogens with zero attached hydrogens (tertiary/aromatic N) is 5. The van der Waals surface area contributed by atoms with Crippen molar-refractivity contribution in [2.75, 3.05) is 28.9 Å². The van der Waals surface area contributed by atoms with Crippen molar-refractivity contribution in [2.45, 2.75) is 44.8 Å². The summed E-state index contributed by atoms with van der Waals surface area (Å²) in [4.78, 5) is 13.2. The van der Waals surface area contributed by atoms with Crippen LogP contribution >= 0.6 is 0 Å². The first-order chi connectivity index (χ1) is 18.1. The molecule has 0 unspecified atom stereocenters. The number of aromatic nitrogens is 5. The summed E-state index contributed by atoms with van der Waals surface area (Å²) in [5.41, 5.74) is 3.62. The quantitative estimate of drug-likeness (QED) is 0.304. The van der Waals surface area contributed by atoms with Crippen LogP contribution in [0.25, 0.3) is 27.7 Å². The summed E-state index contributed by atoms with van der Waals surface area (Å²) < 4.78 is 65.8. The van der Waals surface area contributed by atoms with Crippen LogP contribution in [0.4, 0.5) is 24.9 Å². The molecule has 1 fully saturated rings. The van der Waals surface area contributed by atoms with Gasteiger partial charge in [-0.3, -0.25) is 4.72 Å². The first-order valence-corrected chi connectivity index (χ1v) is 13.9. The molecule has 1 aromatic carbocycles. The van der Waals surface area contributed by atoms with Gasteiger partial charge in [-0.25, -0.2) is 27.9 Å². The first-order valence-electron chi connectivity index (χ1n) is 12.3. The predicted molar refractivity (Wildman–Crippen MR) is 138 cm³/mol. The van der Waals surface area contributed by atoms with Crippen molar-refractivity contribution >= 4 is 38.2 Å². The van der Waals surface area contributed by atoms with Crippen LogP contribution in [0.1, 0.15) is 31.7 Å². The molecule has 0 radical (unpaired) electrons. The number of anilines is 2. The van der Waals surface area contributed by atoms with Gasteiger partial charge in [-0.2, -0.15) is 18.3 Å². The molecule has 14 heteroatoms. The lowest BCUT2D eigenvalue weighted by atomic mass is 10.0. The van der Waals surface area contributed by atoms with Gasteiger partial charge in [-0.15, -0.1) is 0 Å². The van der Waals surface area contributed by atoms with Crippen molar-refractivity contribution < 1.29 is 21.6 Å². The molecule has 0 amide bonds. The molecule has 1 aliphatic heterocycles. The Morgan fingerprint density at radius 1 is 1.21 bits per heavy atom. The number of nitrogens with one attached hydrogen (secondary N) is 3. The van der Waals surface area contributed by atoms with Gasteiger partial charge < -0.3 is 10.6 Å². The third kappa shape index (κ3) is 5.80. The van der Waals surface area contributed by atoms with Crippen molar-refractivity contribution in [1.29, 1.82) is 0 Å². The summed E-state index contributed by atoms with van der Waals surface area (Å²) in [6.07, 6.45) is -0.246. The minimum Gasteiger partial charge on any atom is -0.350 e. The lowest BCUT2D eigenvalue weighted by Gasteiger charge is -2.23. The Balaban J connectivity index is 1.46. The molecule has 1 aliphatic rings. The Labute approximate surface area is 217 Å². The van der Waals surface area contributed by atoms with Gasteiger partial charge >= 0.3 is 6.18 Å². The van der Waals surface area contributed by atoms with Crippen molar-refractivity contribution in [2.24, 2.45) is 0 Å². The number of alkyl halides is 3. The van der Waals surface area contributed by atoms with E-state index in [-0.39, 0.29) is 11.9 Å². The number of sulfonamides is 1. The number of hydrogen-bond acceptors (Lipinski definition) is 8. The minimum atomic E-state index is -4.58. The van der Waals surface area contributed by atoms with Crippen molar-refractivity contribution in [3.05, 3.63) is 42.4 Å². The van der Waals surface area contributed by atoms with E-state index >= 15 is 0 Å². The van der Waals surface area contributed by atoms with Crippen LogP contribution < -0.4 is 15.4 Å². The van der Waals surface area contributed by atoms with E-state index in [9.17, 15) is 21.6 Å². The zero-order chi connectivity index (χ0) is 26.9. The number of benzene rings is 1. The largest absolute Gasteiger partial charge is 0.390 e. The van der Waals surface area contributed by atoms with Crippen LogP contribution in [-0.4, -0.2) is 64.0 Å². The molecule has 0 spiro atoms. The molecular weight excluding hydrogens is 521 g/mol. The van der Waals surface area contributed by atoms with Gasteiger partial charge in [0.2, 0.25) is 16.0 Å². The van der Waals surface area contributed by atoms with E-state index in [2.05, 4.69) is 30.4 Å². The highest BCUT2D eigenvalue weighted by Gasteiger charge is 2.30. The molecule has 0 aliphatic carbocycles. The molecule has 3 aromatic heterocycles. The molecule has 4 heterocycles. The zero-order valence-electron chi connectivity index (χ0n) is 20.6. The average Bonchev–Trinajstić information content (AvgIpc) is 3.32. The Hall–Kier alpha value is -3.52. The van der Waals surface area contributed by atoms with Gasteiger partial charge in [-0.1, -0.05) is 6.92 Å². The predicted octanol–water partition coefficient (Wildman–Crippen LogP) is 3.76. The number of rotatable bonds is 8. The van der Waals surface area contributed by atoms with E-state index in [0.29, 0.717) is 23.6 Å². The summed E-state index contributed by atoms with van der Waals surface area (Å²) in [5.74, 6) is -0.614. The maximum absolute atomic E-state index is 12.5. The molecule has 10 nitrogen and oxygen atoms in total. The second-order valence-corrected chi connectivity index (χ2v) is 11.1. The molecule has 0 bridgehead atoms. The normalized spacial score (nSPS) is 16.7. The number of hydrogen-bond donors (Lipinski definition) is 3. The molecular formula is C24H27F3N8O2S. The summed E-state index contributed by atoms with van der Waals surface area (Å²) in [5, 5.41) is 11.9. The van der Waals surface area contributed by atoms with Crippen molar-refractivity contribution in [3.8, 4) is 11.3 Å². The molecule has 0 saturated carbocycles. The standard InChI is InChI=1S/C24H27F3N8O2S/c1-2-15-10-16(11-17-12-29-23(33-21(15)17)32-18-4-3-8-28-13-18)19-5-6-20-22(30-14-31-35(19)20)34-38(36,37)9-7-24(25,26)27/h5-6,10-12,14,18,28H,2-4,7-9,13H2,1H3,(H,29,32,33)(H,30,31,34)/t18-/m0/s1. The minimum absolute atomic E-state index is 0.0961. The van der Waals surface area contributed by atoms with Gasteiger partial charge in [0.05, 0.1) is 23.4 Å². The van der Waals surface area contributed by atoms with Gasteiger partial charge in [-0.05, 0) is 55.6 Å². The monoisotopic (exact) mass is 548 g/mol. The van der Waals surface area contributed by atoms with E-state index in [1.54, 1.807) is 18.3 Å². The average molecular weight is 549 g/mol. The highest BCUT2D eigenvalue weighted by atomic mass is 32.2. The number of fused-ring (bicyclic) bond motifs is 2. The second-order valence-electron chi connectivity index (χ2n) is 9.22. The lowest BCUT2D eigenvalue weighted by Crippen LogP contribution is -2.38. The number of aryl methyl sites for hydroxylation is 1. The SMILES string of the molecule is CCc1cc(-c2ccc3c(NS(=O)(=O)CCC(F)(F)F)ncnn23)cc2cnc(N[C@H]3CCCNC3)nc12. The first kappa shape index (κ1) is 26.1. The molecule has 202 valence electrons. The highest BCUT2D eigenvalue weighted by Crippen LogP contribution is 2.30. The Kier molecular flexibility index (Phi) is 7.09. The molecule has 38 heavy (non-hydrogen) atoms. The number of piperidine rings is 1. The summed E-state index contributed by atoms with van der Waals surface area (Å²) in [7, 11) is -4.27. The highest BCUT2D eigenvalue weighted by molar-refractivity contribution is 7.92. The van der Waals surface area contributed by atoms with Crippen LogP contribution in [-0.2, 0) is 16.4 Å². The van der Waals surface area contributed by atoms with Crippen LogP contribution in [0.2, 0.25) is 0 Å². The van der Waals surface area contributed by atoms with Gasteiger partial charge in [0.1, 0.15) is 11.8 Å².